The molecule has 0 aromatic rings. The van der Waals surface area contributed by atoms with E-state index in [1.807, 2.05) is 0 Å². The van der Waals surface area contributed by atoms with Crippen molar-refractivity contribution in [2.75, 3.05) is 20.1 Å². The monoisotopic (exact) mass is 337 g/mol. The Bertz CT molecular complexity index is 439. The average Bonchev–Trinajstić information content (AvgIpc) is 2.77. The van der Waals surface area contributed by atoms with Crippen molar-refractivity contribution in [3.05, 3.63) is 0 Å². The van der Waals surface area contributed by atoms with Gasteiger partial charge in [-0.05, 0) is 44.4 Å². The van der Waals surface area contributed by atoms with E-state index in [4.69, 9.17) is 0 Å². The summed E-state index contributed by atoms with van der Waals surface area (Å²) in [6, 6.07) is 1.23. The van der Waals surface area contributed by atoms with Gasteiger partial charge < -0.3 is 5.32 Å². The van der Waals surface area contributed by atoms with Gasteiger partial charge in [0.2, 0.25) is 0 Å². The molecule has 0 amide bonds. The zero-order valence-electron chi connectivity index (χ0n) is 13.0. The molecule has 0 radical (unpaired) electrons. The Morgan fingerprint density at radius 2 is 1.57 bits per heavy atom. The third kappa shape index (κ3) is 3.55. The van der Waals surface area contributed by atoms with Gasteiger partial charge in [-0.15, -0.1) is 12.4 Å². The first-order valence-electron chi connectivity index (χ1n) is 7.96. The maximum absolute atomic E-state index is 12.8. The van der Waals surface area contributed by atoms with Crippen LogP contribution in [0, 0.1) is 5.92 Å². The minimum atomic E-state index is -3.27. The summed E-state index contributed by atoms with van der Waals surface area (Å²) in [6.45, 7) is 3.58. The van der Waals surface area contributed by atoms with Crippen LogP contribution >= 0.6 is 12.4 Å². The van der Waals surface area contributed by atoms with Gasteiger partial charge in [0.1, 0.15) is 0 Å². The quantitative estimate of drug-likeness (QED) is 0.851. The van der Waals surface area contributed by atoms with E-state index in [0.717, 1.165) is 25.7 Å². The fourth-order valence-corrected chi connectivity index (χ4v) is 5.50. The SMILES string of the molecule is CC1CCN(S(=O)(=O)N(C)C2CC3CCC(C2)N3)CC1.Cl. The number of fused-ring (bicyclic) bond motifs is 2. The first kappa shape index (κ1) is 17.5. The van der Waals surface area contributed by atoms with Crippen LogP contribution in [-0.2, 0) is 10.2 Å². The summed E-state index contributed by atoms with van der Waals surface area (Å²) in [4.78, 5) is 0. The van der Waals surface area contributed by atoms with Crippen molar-refractivity contribution < 1.29 is 8.42 Å². The minimum Gasteiger partial charge on any atom is -0.311 e. The summed E-state index contributed by atoms with van der Waals surface area (Å²) in [7, 11) is -1.48. The van der Waals surface area contributed by atoms with Crippen molar-refractivity contribution in [2.24, 2.45) is 5.92 Å². The summed E-state index contributed by atoms with van der Waals surface area (Å²) < 4.78 is 28.9. The highest BCUT2D eigenvalue weighted by atomic mass is 35.5. The largest absolute Gasteiger partial charge is 0.311 e. The second kappa shape index (κ2) is 6.71. The molecule has 3 heterocycles. The number of rotatable bonds is 3. The zero-order chi connectivity index (χ0) is 14.3. The molecular formula is C14H28ClN3O2S. The number of nitrogens with zero attached hydrogens (tertiary/aromatic N) is 2. The van der Waals surface area contributed by atoms with Crippen LogP contribution in [-0.4, -0.2) is 55.3 Å². The molecule has 2 atom stereocenters. The third-order valence-corrected chi connectivity index (χ3v) is 7.44. The van der Waals surface area contributed by atoms with Crippen LogP contribution in [0.25, 0.3) is 0 Å². The third-order valence-electron chi connectivity index (χ3n) is 5.40. The fraction of sp³-hybridized carbons (Fsp3) is 1.00. The van der Waals surface area contributed by atoms with Crippen LogP contribution in [0.5, 0.6) is 0 Å². The van der Waals surface area contributed by atoms with Crippen LogP contribution in [0.4, 0.5) is 0 Å². The lowest BCUT2D eigenvalue weighted by atomic mass is 10.0. The standard InChI is InChI=1S/C14H27N3O2S.ClH/c1-11-5-7-17(8-6-11)20(18,19)16(2)14-9-12-3-4-13(10-14)15-12;/h11-15H,3-10H2,1-2H3;1H. The molecular weight excluding hydrogens is 310 g/mol. The Labute approximate surface area is 135 Å². The molecule has 3 saturated heterocycles. The topological polar surface area (TPSA) is 52.7 Å². The first-order valence-corrected chi connectivity index (χ1v) is 9.35. The van der Waals surface area contributed by atoms with E-state index in [0.29, 0.717) is 31.1 Å². The molecule has 1 N–H and O–H groups in total. The van der Waals surface area contributed by atoms with Gasteiger partial charge >= 0.3 is 0 Å². The molecule has 2 unspecified atom stereocenters. The predicted octanol–water partition coefficient (Wildman–Crippen LogP) is 1.60. The van der Waals surface area contributed by atoms with E-state index in [-0.39, 0.29) is 18.4 Å². The molecule has 3 aliphatic heterocycles. The Morgan fingerprint density at radius 3 is 2.10 bits per heavy atom. The molecule has 124 valence electrons. The molecule has 0 saturated carbocycles. The van der Waals surface area contributed by atoms with Gasteiger partial charge in [-0.3, -0.25) is 0 Å². The molecule has 0 aliphatic carbocycles. The second-order valence-electron chi connectivity index (χ2n) is 6.87. The smallest absolute Gasteiger partial charge is 0.281 e. The molecule has 21 heavy (non-hydrogen) atoms. The van der Waals surface area contributed by atoms with Crippen molar-refractivity contribution >= 4 is 22.6 Å². The lowest BCUT2D eigenvalue weighted by Gasteiger charge is -2.39. The Hall–Kier alpha value is 0.120. The molecule has 0 aromatic heterocycles. The van der Waals surface area contributed by atoms with E-state index in [2.05, 4.69) is 12.2 Å². The number of nitrogens with one attached hydrogen (secondary N) is 1. The van der Waals surface area contributed by atoms with E-state index in [1.165, 1.54) is 12.8 Å². The molecule has 3 aliphatic rings. The highest BCUT2D eigenvalue weighted by Crippen LogP contribution is 2.31. The molecule has 0 spiro atoms. The van der Waals surface area contributed by atoms with Crippen LogP contribution < -0.4 is 5.32 Å². The minimum absolute atomic E-state index is 0. The van der Waals surface area contributed by atoms with Crippen molar-refractivity contribution in [1.82, 2.24) is 13.9 Å². The summed E-state index contributed by atoms with van der Waals surface area (Å²) >= 11 is 0. The fourth-order valence-electron chi connectivity index (χ4n) is 3.91. The Morgan fingerprint density at radius 1 is 1.05 bits per heavy atom. The molecule has 3 rings (SSSR count). The average molecular weight is 338 g/mol. The predicted molar refractivity (Wildman–Crippen MR) is 86.9 cm³/mol. The Balaban J connectivity index is 0.00000161. The number of hydrogen-bond donors (Lipinski definition) is 1. The number of hydrogen-bond acceptors (Lipinski definition) is 3. The van der Waals surface area contributed by atoms with E-state index >= 15 is 0 Å². The van der Waals surface area contributed by atoms with Crippen molar-refractivity contribution in [3.8, 4) is 0 Å². The van der Waals surface area contributed by atoms with Gasteiger partial charge in [0.05, 0.1) is 0 Å². The normalized spacial score (nSPS) is 34.9. The molecule has 3 fully saturated rings. The number of halogens is 1. The van der Waals surface area contributed by atoms with Crippen LogP contribution in [0.2, 0.25) is 0 Å². The van der Waals surface area contributed by atoms with Gasteiger partial charge in [-0.25, -0.2) is 0 Å². The summed E-state index contributed by atoms with van der Waals surface area (Å²) in [6.07, 6.45) is 6.33. The van der Waals surface area contributed by atoms with Gasteiger partial charge in [0, 0.05) is 38.3 Å². The van der Waals surface area contributed by atoms with Gasteiger partial charge in [-0.2, -0.15) is 17.0 Å². The Kier molecular flexibility index (Phi) is 5.58. The van der Waals surface area contributed by atoms with Gasteiger partial charge in [-0.1, -0.05) is 6.92 Å². The highest BCUT2D eigenvalue weighted by Gasteiger charge is 2.40. The van der Waals surface area contributed by atoms with Crippen molar-refractivity contribution in [1.29, 1.82) is 0 Å². The highest BCUT2D eigenvalue weighted by molar-refractivity contribution is 7.86. The summed E-state index contributed by atoms with van der Waals surface area (Å²) in [5.74, 6) is 0.654. The van der Waals surface area contributed by atoms with E-state index < -0.39 is 10.2 Å². The van der Waals surface area contributed by atoms with E-state index in [1.54, 1.807) is 15.7 Å². The van der Waals surface area contributed by atoms with Crippen molar-refractivity contribution in [2.45, 2.75) is 63.6 Å². The molecule has 5 nitrogen and oxygen atoms in total. The van der Waals surface area contributed by atoms with Crippen LogP contribution in [0.15, 0.2) is 0 Å². The lowest BCUT2D eigenvalue weighted by molar-refractivity contribution is 0.221. The maximum Gasteiger partial charge on any atom is 0.281 e. The van der Waals surface area contributed by atoms with Gasteiger partial charge in [0.25, 0.3) is 10.2 Å². The summed E-state index contributed by atoms with van der Waals surface area (Å²) in [5, 5.41) is 3.58. The van der Waals surface area contributed by atoms with Crippen molar-refractivity contribution in [3.63, 3.8) is 0 Å². The maximum atomic E-state index is 12.8. The van der Waals surface area contributed by atoms with Crippen LogP contribution in [0.3, 0.4) is 0 Å². The zero-order valence-corrected chi connectivity index (χ0v) is 14.6. The summed E-state index contributed by atoms with van der Waals surface area (Å²) in [5.41, 5.74) is 0. The molecule has 7 heteroatoms. The van der Waals surface area contributed by atoms with E-state index in [9.17, 15) is 8.42 Å². The lowest BCUT2D eigenvalue weighted by Crippen LogP contribution is -2.53. The molecule has 2 bridgehead atoms. The number of piperidine rings is 2. The second-order valence-corrected chi connectivity index (χ2v) is 8.86. The van der Waals surface area contributed by atoms with Gasteiger partial charge in [0.15, 0.2) is 0 Å². The first-order chi connectivity index (χ1) is 9.46. The van der Waals surface area contributed by atoms with Crippen LogP contribution in [0.1, 0.15) is 45.4 Å². The molecule has 0 aromatic carbocycles.